The largest absolute Gasteiger partial charge is 0.316 e. The molecule has 0 spiro atoms. The molecule has 2 aliphatic rings. The number of piperazine rings is 1. The first-order valence-corrected chi connectivity index (χ1v) is 7.64. The van der Waals surface area contributed by atoms with Gasteiger partial charge in [0.25, 0.3) is 0 Å². The minimum atomic E-state index is 0.738. The van der Waals surface area contributed by atoms with E-state index >= 15 is 0 Å². The minimum Gasteiger partial charge on any atom is -0.316 e. The Morgan fingerprint density at radius 3 is 2.47 bits per heavy atom. The monoisotopic (exact) mass is 259 g/mol. The van der Waals surface area contributed by atoms with Crippen molar-refractivity contribution in [3.05, 3.63) is 35.4 Å². The molecule has 0 radical (unpaired) electrons. The lowest BCUT2D eigenvalue weighted by Gasteiger charge is -2.27. The predicted molar refractivity (Wildman–Crippen MR) is 79.7 cm³/mol. The molecule has 0 saturated carbocycles. The van der Waals surface area contributed by atoms with Crippen LogP contribution in [-0.2, 0) is 6.42 Å². The molecule has 0 bridgehead atoms. The Labute approximate surface area is 116 Å². The molecule has 2 fully saturated rings. The van der Waals surface area contributed by atoms with Gasteiger partial charge in [-0.15, -0.1) is 0 Å². The number of nitrogens with zero attached hydrogens (tertiary/aromatic N) is 1. The molecule has 2 saturated heterocycles. The van der Waals surface area contributed by atoms with Crippen LogP contribution in [0.25, 0.3) is 0 Å². The third kappa shape index (κ3) is 3.56. The molecule has 1 aromatic carbocycles. The second-order valence-corrected chi connectivity index (χ2v) is 5.77. The first kappa shape index (κ1) is 13.1. The van der Waals surface area contributed by atoms with Gasteiger partial charge in [0.2, 0.25) is 0 Å². The van der Waals surface area contributed by atoms with E-state index in [1.54, 1.807) is 0 Å². The van der Waals surface area contributed by atoms with Gasteiger partial charge in [0.05, 0.1) is 0 Å². The van der Waals surface area contributed by atoms with Crippen molar-refractivity contribution in [3.63, 3.8) is 0 Å². The van der Waals surface area contributed by atoms with Gasteiger partial charge in [-0.3, -0.25) is 0 Å². The van der Waals surface area contributed by atoms with E-state index in [0.717, 1.165) is 25.6 Å². The van der Waals surface area contributed by atoms with Crippen LogP contribution in [-0.4, -0.2) is 50.7 Å². The second-order valence-electron chi connectivity index (χ2n) is 5.77. The Morgan fingerprint density at radius 1 is 1.00 bits per heavy atom. The van der Waals surface area contributed by atoms with Crippen molar-refractivity contribution in [2.24, 2.45) is 0 Å². The normalized spacial score (nSPS) is 24.7. The summed E-state index contributed by atoms with van der Waals surface area (Å²) in [6.07, 6.45) is 2.48. The lowest BCUT2D eigenvalue weighted by molar-refractivity contribution is 0.244. The summed E-state index contributed by atoms with van der Waals surface area (Å²) in [6.45, 7) is 8.22. The molecule has 0 aromatic heterocycles. The molecule has 0 amide bonds. The zero-order valence-corrected chi connectivity index (χ0v) is 11.7. The van der Waals surface area contributed by atoms with Crippen molar-refractivity contribution in [2.45, 2.75) is 18.8 Å². The summed E-state index contributed by atoms with van der Waals surface area (Å²) in [5.41, 5.74) is 2.99. The molecule has 3 heteroatoms. The van der Waals surface area contributed by atoms with Crippen molar-refractivity contribution in [1.82, 2.24) is 15.5 Å². The SMILES string of the molecule is c1cc(C2CCNC2)ccc1CCN1CCNCC1. The molecule has 1 aromatic rings. The van der Waals surface area contributed by atoms with Gasteiger partial charge in [-0.05, 0) is 36.4 Å². The lowest BCUT2D eigenvalue weighted by Crippen LogP contribution is -2.44. The van der Waals surface area contributed by atoms with Gasteiger partial charge in [0.15, 0.2) is 0 Å². The summed E-state index contributed by atoms with van der Waals surface area (Å²) < 4.78 is 0. The summed E-state index contributed by atoms with van der Waals surface area (Å²) in [7, 11) is 0. The van der Waals surface area contributed by atoms with E-state index in [0.29, 0.717) is 0 Å². The van der Waals surface area contributed by atoms with Crippen LogP contribution in [0.2, 0.25) is 0 Å². The molecule has 3 rings (SSSR count). The van der Waals surface area contributed by atoms with E-state index in [2.05, 4.69) is 39.8 Å². The minimum absolute atomic E-state index is 0.738. The molecule has 1 atom stereocenters. The number of benzene rings is 1. The van der Waals surface area contributed by atoms with Gasteiger partial charge in [-0.1, -0.05) is 24.3 Å². The van der Waals surface area contributed by atoms with Crippen LogP contribution >= 0.6 is 0 Å². The van der Waals surface area contributed by atoms with Gasteiger partial charge in [-0.25, -0.2) is 0 Å². The highest BCUT2D eigenvalue weighted by atomic mass is 15.2. The second kappa shape index (κ2) is 6.51. The topological polar surface area (TPSA) is 27.3 Å². The molecule has 19 heavy (non-hydrogen) atoms. The summed E-state index contributed by atoms with van der Waals surface area (Å²) >= 11 is 0. The van der Waals surface area contributed by atoms with Crippen LogP contribution in [0.3, 0.4) is 0 Å². The Morgan fingerprint density at radius 2 is 1.79 bits per heavy atom. The number of hydrogen-bond acceptors (Lipinski definition) is 3. The van der Waals surface area contributed by atoms with Crippen LogP contribution in [0.4, 0.5) is 0 Å². The number of rotatable bonds is 4. The van der Waals surface area contributed by atoms with Crippen molar-refractivity contribution in [1.29, 1.82) is 0 Å². The molecule has 2 N–H and O–H groups in total. The van der Waals surface area contributed by atoms with Gasteiger partial charge < -0.3 is 15.5 Å². The standard InChI is InChI=1S/C16H25N3/c1-3-15(16-5-7-18-13-16)4-2-14(1)6-10-19-11-8-17-9-12-19/h1-4,16-18H,5-13H2. The van der Waals surface area contributed by atoms with Gasteiger partial charge in [0, 0.05) is 39.3 Å². The molecular weight excluding hydrogens is 234 g/mol. The molecule has 0 aliphatic carbocycles. The highest BCUT2D eigenvalue weighted by Crippen LogP contribution is 2.22. The Balaban J connectivity index is 1.50. The Kier molecular flexibility index (Phi) is 4.49. The van der Waals surface area contributed by atoms with Gasteiger partial charge >= 0.3 is 0 Å². The fourth-order valence-electron chi connectivity index (χ4n) is 3.12. The van der Waals surface area contributed by atoms with E-state index < -0.39 is 0 Å². The predicted octanol–water partition coefficient (Wildman–Crippen LogP) is 1.21. The average molecular weight is 259 g/mol. The lowest BCUT2D eigenvalue weighted by atomic mass is 9.97. The van der Waals surface area contributed by atoms with E-state index in [1.807, 2.05) is 0 Å². The third-order valence-corrected chi connectivity index (χ3v) is 4.44. The fourth-order valence-corrected chi connectivity index (χ4v) is 3.12. The summed E-state index contributed by atoms with van der Waals surface area (Å²) in [5, 5.41) is 6.85. The highest BCUT2D eigenvalue weighted by molar-refractivity contribution is 5.26. The highest BCUT2D eigenvalue weighted by Gasteiger charge is 2.16. The molecule has 104 valence electrons. The fraction of sp³-hybridized carbons (Fsp3) is 0.625. The average Bonchev–Trinajstić information content (AvgIpc) is 3.01. The molecule has 3 nitrogen and oxygen atoms in total. The quantitative estimate of drug-likeness (QED) is 0.851. The van der Waals surface area contributed by atoms with Crippen LogP contribution < -0.4 is 10.6 Å². The van der Waals surface area contributed by atoms with E-state index in [9.17, 15) is 0 Å². The van der Waals surface area contributed by atoms with Crippen LogP contribution in [0, 0.1) is 0 Å². The number of hydrogen-bond donors (Lipinski definition) is 2. The summed E-state index contributed by atoms with van der Waals surface area (Å²) in [6, 6.07) is 9.33. The summed E-state index contributed by atoms with van der Waals surface area (Å²) in [4.78, 5) is 2.56. The first-order chi connectivity index (χ1) is 9.42. The maximum absolute atomic E-state index is 3.44. The van der Waals surface area contributed by atoms with Crippen molar-refractivity contribution in [3.8, 4) is 0 Å². The molecular formula is C16H25N3. The van der Waals surface area contributed by atoms with Crippen LogP contribution in [0.1, 0.15) is 23.5 Å². The van der Waals surface area contributed by atoms with Crippen molar-refractivity contribution >= 4 is 0 Å². The molecule has 2 aliphatic heterocycles. The van der Waals surface area contributed by atoms with E-state index in [1.165, 1.54) is 50.1 Å². The van der Waals surface area contributed by atoms with E-state index in [-0.39, 0.29) is 0 Å². The zero-order chi connectivity index (χ0) is 12.9. The first-order valence-electron chi connectivity index (χ1n) is 7.64. The van der Waals surface area contributed by atoms with Gasteiger partial charge in [-0.2, -0.15) is 0 Å². The van der Waals surface area contributed by atoms with Gasteiger partial charge in [0.1, 0.15) is 0 Å². The van der Waals surface area contributed by atoms with Crippen molar-refractivity contribution in [2.75, 3.05) is 45.8 Å². The van der Waals surface area contributed by atoms with Crippen LogP contribution in [0.15, 0.2) is 24.3 Å². The maximum atomic E-state index is 3.44. The van der Waals surface area contributed by atoms with Crippen LogP contribution in [0.5, 0.6) is 0 Å². The number of nitrogens with one attached hydrogen (secondary N) is 2. The maximum Gasteiger partial charge on any atom is 0.0108 e. The van der Waals surface area contributed by atoms with E-state index in [4.69, 9.17) is 0 Å². The molecule has 2 heterocycles. The zero-order valence-electron chi connectivity index (χ0n) is 11.7. The molecule has 1 unspecified atom stereocenters. The smallest absolute Gasteiger partial charge is 0.0108 e. The van der Waals surface area contributed by atoms with Crippen molar-refractivity contribution < 1.29 is 0 Å². The Bertz CT molecular complexity index is 375. The summed E-state index contributed by atoms with van der Waals surface area (Å²) in [5.74, 6) is 0.738. The third-order valence-electron chi connectivity index (χ3n) is 4.44. The Hall–Kier alpha value is -0.900.